The number of ether oxygens (including phenoxy) is 1. The van der Waals surface area contributed by atoms with Gasteiger partial charge in [0.15, 0.2) is 4.96 Å². The lowest BCUT2D eigenvalue weighted by Crippen LogP contribution is -2.03. The molecular formula is C16H19N3OS. The molecule has 0 bridgehead atoms. The molecule has 0 saturated heterocycles. The van der Waals surface area contributed by atoms with Gasteiger partial charge in [0.05, 0.1) is 18.0 Å². The fourth-order valence-electron chi connectivity index (χ4n) is 2.41. The Bertz CT molecular complexity index is 743. The summed E-state index contributed by atoms with van der Waals surface area (Å²) in [6.07, 6.45) is 1.01. The maximum absolute atomic E-state index is 5.94. The molecule has 110 valence electrons. The Labute approximate surface area is 128 Å². The molecule has 0 aliphatic rings. The average molecular weight is 301 g/mol. The molecule has 0 radical (unpaired) electrons. The predicted octanol–water partition coefficient (Wildman–Crippen LogP) is 3.62. The summed E-state index contributed by atoms with van der Waals surface area (Å²) in [5.74, 6) is 0.895. The number of rotatable bonds is 5. The van der Waals surface area contributed by atoms with Crippen LogP contribution in [0.3, 0.4) is 0 Å². The number of benzene rings is 1. The number of hydrogen-bond acceptors (Lipinski definition) is 4. The molecule has 0 spiro atoms. The summed E-state index contributed by atoms with van der Waals surface area (Å²) in [5, 5.41) is 2.10. The van der Waals surface area contributed by atoms with Crippen LogP contribution in [0.4, 0.5) is 0 Å². The number of imidazole rings is 1. The number of thiazole rings is 1. The summed E-state index contributed by atoms with van der Waals surface area (Å²) in [6.45, 7) is 5.40. The molecule has 1 aromatic carbocycles. The highest BCUT2D eigenvalue weighted by atomic mass is 32.1. The molecular weight excluding hydrogens is 282 g/mol. The third-order valence-corrected chi connectivity index (χ3v) is 4.37. The molecule has 0 aliphatic heterocycles. The van der Waals surface area contributed by atoms with Crippen LogP contribution in [0, 0.1) is 6.92 Å². The lowest BCUT2D eigenvalue weighted by molar-refractivity contribution is 0.317. The van der Waals surface area contributed by atoms with E-state index in [1.165, 1.54) is 5.69 Å². The van der Waals surface area contributed by atoms with Crippen molar-refractivity contribution in [3.63, 3.8) is 0 Å². The van der Waals surface area contributed by atoms with Gasteiger partial charge >= 0.3 is 0 Å². The molecule has 0 saturated carbocycles. The fourth-order valence-corrected chi connectivity index (χ4v) is 3.30. The van der Waals surface area contributed by atoms with Crippen LogP contribution in [0.25, 0.3) is 16.2 Å². The Hall–Kier alpha value is -1.85. The van der Waals surface area contributed by atoms with E-state index < -0.39 is 0 Å². The summed E-state index contributed by atoms with van der Waals surface area (Å²) in [5.41, 5.74) is 10.2. The van der Waals surface area contributed by atoms with Gasteiger partial charge in [-0.05, 0) is 37.6 Å². The molecule has 0 atom stereocenters. The first-order chi connectivity index (χ1) is 10.2. The Morgan fingerprint density at radius 2 is 2.05 bits per heavy atom. The third-order valence-electron chi connectivity index (χ3n) is 3.42. The van der Waals surface area contributed by atoms with Crippen LogP contribution < -0.4 is 10.5 Å². The topological polar surface area (TPSA) is 52.5 Å². The first-order valence-corrected chi connectivity index (χ1v) is 8.01. The van der Waals surface area contributed by atoms with Crippen molar-refractivity contribution >= 4 is 16.3 Å². The molecule has 4 nitrogen and oxygen atoms in total. The second-order valence-electron chi connectivity index (χ2n) is 4.98. The Morgan fingerprint density at radius 3 is 2.71 bits per heavy atom. The standard InChI is InChI=1S/C16H19N3OS/c1-3-8-20-13-6-4-12(5-7-13)15-14(9-17)19-11(2)10-21-16(19)18-15/h4-7,10H,3,8-9,17H2,1-2H3. The first kappa shape index (κ1) is 14.1. The minimum Gasteiger partial charge on any atom is -0.494 e. The molecule has 3 aromatic rings. The van der Waals surface area contributed by atoms with E-state index in [2.05, 4.69) is 23.6 Å². The van der Waals surface area contributed by atoms with Gasteiger partial charge in [-0.2, -0.15) is 0 Å². The van der Waals surface area contributed by atoms with E-state index in [1.54, 1.807) is 11.3 Å². The summed E-state index contributed by atoms with van der Waals surface area (Å²) in [4.78, 5) is 5.72. The van der Waals surface area contributed by atoms with Crippen LogP contribution in [-0.4, -0.2) is 16.0 Å². The zero-order valence-corrected chi connectivity index (χ0v) is 13.1. The molecule has 5 heteroatoms. The van der Waals surface area contributed by atoms with Gasteiger partial charge in [0, 0.05) is 23.2 Å². The number of aryl methyl sites for hydroxylation is 1. The van der Waals surface area contributed by atoms with Gasteiger partial charge < -0.3 is 10.5 Å². The second-order valence-corrected chi connectivity index (χ2v) is 5.82. The van der Waals surface area contributed by atoms with E-state index in [-0.39, 0.29) is 0 Å². The predicted molar refractivity (Wildman–Crippen MR) is 86.9 cm³/mol. The number of aromatic nitrogens is 2. The van der Waals surface area contributed by atoms with Gasteiger partial charge in [-0.25, -0.2) is 4.98 Å². The molecule has 2 heterocycles. The summed E-state index contributed by atoms with van der Waals surface area (Å²) in [7, 11) is 0. The largest absolute Gasteiger partial charge is 0.494 e. The molecule has 3 rings (SSSR count). The van der Waals surface area contributed by atoms with Crippen LogP contribution >= 0.6 is 11.3 Å². The zero-order valence-electron chi connectivity index (χ0n) is 12.3. The van der Waals surface area contributed by atoms with E-state index in [4.69, 9.17) is 15.5 Å². The van der Waals surface area contributed by atoms with E-state index in [0.29, 0.717) is 6.54 Å². The quantitative estimate of drug-likeness (QED) is 0.783. The van der Waals surface area contributed by atoms with Crippen molar-refractivity contribution in [3.05, 3.63) is 41.0 Å². The fraction of sp³-hybridized carbons (Fsp3) is 0.312. The summed E-state index contributed by atoms with van der Waals surface area (Å²) in [6, 6.07) is 8.08. The van der Waals surface area contributed by atoms with E-state index in [1.807, 2.05) is 24.3 Å². The first-order valence-electron chi connectivity index (χ1n) is 7.13. The minimum atomic E-state index is 0.474. The minimum absolute atomic E-state index is 0.474. The van der Waals surface area contributed by atoms with E-state index in [0.717, 1.165) is 40.7 Å². The van der Waals surface area contributed by atoms with Gasteiger partial charge in [-0.1, -0.05) is 6.92 Å². The average Bonchev–Trinajstić information content (AvgIpc) is 3.05. The number of hydrogen-bond donors (Lipinski definition) is 1. The monoisotopic (exact) mass is 301 g/mol. The highest BCUT2D eigenvalue weighted by Crippen LogP contribution is 2.29. The molecule has 0 aliphatic carbocycles. The summed E-state index contributed by atoms with van der Waals surface area (Å²) >= 11 is 1.64. The molecule has 0 amide bonds. The Kier molecular flexibility index (Phi) is 3.94. The Balaban J connectivity index is 1.99. The SMILES string of the molecule is CCCOc1ccc(-c2nc3scc(C)n3c2CN)cc1. The highest BCUT2D eigenvalue weighted by Gasteiger charge is 2.15. The van der Waals surface area contributed by atoms with Crippen molar-refractivity contribution in [2.24, 2.45) is 5.73 Å². The van der Waals surface area contributed by atoms with Crippen molar-refractivity contribution in [1.82, 2.24) is 9.38 Å². The summed E-state index contributed by atoms with van der Waals surface area (Å²) < 4.78 is 7.76. The van der Waals surface area contributed by atoms with Gasteiger partial charge in [0.25, 0.3) is 0 Å². The Morgan fingerprint density at radius 1 is 1.29 bits per heavy atom. The maximum Gasteiger partial charge on any atom is 0.194 e. The van der Waals surface area contributed by atoms with Crippen LogP contribution in [-0.2, 0) is 6.54 Å². The van der Waals surface area contributed by atoms with Crippen LogP contribution in [0.5, 0.6) is 5.75 Å². The number of fused-ring (bicyclic) bond motifs is 1. The zero-order chi connectivity index (χ0) is 14.8. The van der Waals surface area contributed by atoms with Gasteiger partial charge in [-0.3, -0.25) is 4.40 Å². The van der Waals surface area contributed by atoms with Crippen molar-refractivity contribution < 1.29 is 4.74 Å². The lowest BCUT2D eigenvalue weighted by atomic mass is 10.1. The molecule has 21 heavy (non-hydrogen) atoms. The van der Waals surface area contributed by atoms with Gasteiger partial charge in [-0.15, -0.1) is 11.3 Å². The molecule has 2 aromatic heterocycles. The van der Waals surface area contributed by atoms with E-state index in [9.17, 15) is 0 Å². The molecule has 0 unspecified atom stereocenters. The third kappa shape index (κ3) is 2.54. The highest BCUT2D eigenvalue weighted by molar-refractivity contribution is 7.15. The van der Waals surface area contributed by atoms with Gasteiger partial charge in [0.1, 0.15) is 5.75 Å². The molecule has 2 N–H and O–H groups in total. The van der Waals surface area contributed by atoms with Crippen molar-refractivity contribution in [3.8, 4) is 17.0 Å². The number of nitrogens with zero attached hydrogens (tertiary/aromatic N) is 2. The van der Waals surface area contributed by atoms with Gasteiger partial charge in [0.2, 0.25) is 0 Å². The smallest absolute Gasteiger partial charge is 0.194 e. The van der Waals surface area contributed by atoms with Crippen LogP contribution in [0.2, 0.25) is 0 Å². The van der Waals surface area contributed by atoms with Crippen molar-refractivity contribution in [2.75, 3.05) is 6.61 Å². The lowest BCUT2D eigenvalue weighted by Gasteiger charge is -2.06. The van der Waals surface area contributed by atoms with Crippen molar-refractivity contribution in [1.29, 1.82) is 0 Å². The van der Waals surface area contributed by atoms with E-state index >= 15 is 0 Å². The van der Waals surface area contributed by atoms with Crippen molar-refractivity contribution in [2.45, 2.75) is 26.8 Å². The normalized spacial score (nSPS) is 11.2. The second kappa shape index (κ2) is 5.87. The van der Waals surface area contributed by atoms with Crippen LogP contribution in [0.1, 0.15) is 24.7 Å². The number of nitrogens with two attached hydrogens (primary N) is 1. The molecule has 0 fully saturated rings. The maximum atomic E-state index is 5.94. The van der Waals surface area contributed by atoms with Crippen LogP contribution in [0.15, 0.2) is 29.6 Å².